The highest BCUT2D eigenvalue weighted by Crippen LogP contribution is 2.33. The number of carbonyl (C=O) groups excluding carboxylic acids is 1. The Labute approximate surface area is 172 Å². The van der Waals surface area contributed by atoms with E-state index in [1.54, 1.807) is 32.4 Å². The third-order valence-electron chi connectivity index (χ3n) is 4.93. The number of Topliss-reactive ketones (excluding diaryl/α,β-unsaturated/α-hetero) is 1. The molecule has 0 spiro atoms. The van der Waals surface area contributed by atoms with Crippen LogP contribution in [0.4, 0.5) is 0 Å². The molecule has 0 unspecified atom stereocenters. The second kappa shape index (κ2) is 7.79. The van der Waals surface area contributed by atoms with Crippen molar-refractivity contribution < 1.29 is 24.5 Å². The van der Waals surface area contributed by atoms with Crippen molar-refractivity contribution in [2.75, 3.05) is 14.2 Å². The standard InChI is InChI=1S/C23H20N2O5/c1-29-20-8-7-14(11-21(20)30-2)18-12-16(15-5-3-4-6-17(15)24-18)19(26)13-25-22(27)9-10-23(25)28/h3-12,27-28H,13H2,1-2H3. The van der Waals surface area contributed by atoms with Gasteiger partial charge in [-0.15, -0.1) is 0 Å². The summed E-state index contributed by atoms with van der Waals surface area (Å²) in [4.78, 5) is 17.8. The van der Waals surface area contributed by atoms with Crippen LogP contribution in [0.3, 0.4) is 0 Å². The number of para-hydroxylation sites is 1. The largest absolute Gasteiger partial charge is 0.494 e. The summed E-state index contributed by atoms with van der Waals surface area (Å²) in [6.07, 6.45) is 0. The van der Waals surface area contributed by atoms with Gasteiger partial charge in [0.05, 0.1) is 32.0 Å². The van der Waals surface area contributed by atoms with Gasteiger partial charge in [-0.1, -0.05) is 18.2 Å². The van der Waals surface area contributed by atoms with Crippen LogP contribution >= 0.6 is 0 Å². The van der Waals surface area contributed by atoms with E-state index in [2.05, 4.69) is 0 Å². The molecule has 0 aliphatic heterocycles. The molecule has 0 fully saturated rings. The SMILES string of the molecule is COc1ccc(-c2cc(C(=O)Cn3c(O)ccc3O)c3ccccc3n2)cc1OC. The molecule has 0 aliphatic carbocycles. The van der Waals surface area contributed by atoms with Crippen LogP contribution in [0, 0.1) is 0 Å². The highest BCUT2D eigenvalue weighted by molar-refractivity contribution is 6.08. The van der Waals surface area contributed by atoms with Gasteiger partial charge < -0.3 is 19.7 Å². The summed E-state index contributed by atoms with van der Waals surface area (Å²) < 4.78 is 11.8. The maximum atomic E-state index is 13.1. The number of benzene rings is 2. The number of ether oxygens (including phenoxy) is 2. The molecule has 2 heterocycles. The number of nitrogens with zero attached hydrogens (tertiary/aromatic N) is 2. The Kier molecular flexibility index (Phi) is 5.02. The van der Waals surface area contributed by atoms with Crippen molar-refractivity contribution in [2.45, 2.75) is 6.54 Å². The molecule has 2 N–H and O–H groups in total. The Morgan fingerprint density at radius 1 is 0.933 bits per heavy atom. The van der Waals surface area contributed by atoms with E-state index in [4.69, 9.17) is 14.5 Å². The molecule has 0 atom stereocenters. The van der Waals surface area contributed by atoms with E-state index >= 15 is 0 Å². The first-order valence-corrected chi connectivity index (χ1v) is 9.24. The van der Waals surface area contributed by atoms with Gasteiger partial charge in [-0.05, 0) is 30.3 Å². The van der Waals surface area contributed by atoms with Gasteiger partial charge in [0.1, 0.15) is 0 Å². The van der Waals surface area contributed by atoms with Crippen molar-refractivity contribution in [3.8, 4) is 34.5 Å². The molecule has 0 radical (unpaired) electrons. The highest BCUT2D eigenvalue weighted by Gasteiger charge is 2.18. The third kappa shape index (κ3) is 3.41. The van der Waals surface area contributed by atoms with Crippen molar-refractivity contribution in [3.63, 3.8) is 0 Å². The van der Waals surface area contributed by atoms with Gasteiger partial charge in [0, 0.05) is 28.6 Å². The summed E-state index contributed by atoms with van der Waals surface area (Å²) in [5.41, 5.74) is 2.46. The van der Waals surface area contributed by atoms with E-state index in [1.807, 2.05) is 30.3 Å². The Hall–Kier alpha value is -4.00. The fourth-order valence-corrected chi connectivity index (χ4v) is 3.39. The first kappa shape index (κ1) is 19.3. The van der Waals surface area contributed by atoms with Crippen molar-refractivity contribution >= 4 is 16.7 Å². The van der Waals surface area contributed by atoms with E-state index in [-0.39, 0.29) is 24.1 Å². The molecular formula is C23H20N2O5. The highest BCUT2D eigenvalue weighted by atomic mass is 16.5. The van der Waals surface area contributed by atoms with Gasteiger partial charge >= 0.3 is 0 Å². The summed E-state index contributed by atoms with van der Waals surface area (Å²) in [5, 5.41) is 20.5. The first-order chi connectivity index (χ1) is 14.5. The van der Waals surface area contributed by atoms with Gasteiger partial charge in [0.15, 0.2) is 29.0 Å². The van der Waals surface area contributed by atoms with E-state index < -0.39 is 0 Å². The molecule has 4 aromatic rings. The van der Waals surface area contributed by atoms with Crippen LogP contribution in [-0.2, 0) is 6.54 Å². The fraction of sp³-hybridized carbons (Fsp3) is 0.130. The van der Waals surface area contributed by atoms with Gasteiger partial charge in [0.2, 0.25) is 0 Å². The number of carbonyl (C=O) groups is 1. The number of rotatable bonds is 6. The molecular weight excluding hydrogens is 384 g/mol. The van der Waals surface area contributed by atoms with Gasteiger partial charge in [0.25, 0.3) is 0 Å². The normalized spacial score (nSPS) is 10.9. The summed E-state index contributed by atoms with van der Waals surface area (Å²) in [6, 6.07) is 17.2. The van der Waals surface area contributed by atoms with Crippen LogP contribution in [0.5, 0.6) is 23.3 Å². The monoisotopic (exact) mass is 404 g/mol. The minimum atomic E-state index is -0.267. The maximum Gasteiger partial charge on any atom is 0.194 e. The lowest BCUT2D eigenvalue weighted by Gasteiger charge is -2.12. The number of methoxy groups -OCH3 is 2. The fourth-order valence-electron chi connectivity index (χ4n) is 3.39. The van der Waals surface area contributed by atoms with Crippen LogP contribution in [0.1, 0.15) is 10.4 Å². The second-order valence-corrected chi connectivity index (χ2v) is 6.70. The van der Waals surface area contributed by atoms with E-state index in [0.29, 0.717) is 33.7 Å². The Bertz CT molecular complexity index is 1230. The average Bonchev–Trinajstić information content (AvgIpc) is 3.09. The van der Waals surface area contributed by atoms with Crippen LogP contribution < -0.4 is 9.47 Å². The number of fused-ring (bicyclic) bond motifs is 1. The minimum absolute atomic E-state index is 0.181. The van der Waals surface area contributed by atoms with Crippen molar-refractivity contribution in [1.29, 1.82) is 0 Å². The lowest BCUT2D eigenvalue weighted by atomic mass is 10.0. The zero-order valence-electron chi connectivity index (χ0n) is 16.5. The molecule has 0 amide bonds. The number of aromatic hydroxyl groups is 2. The molecule has 2 aromatic heterocycles. The summed E-state index contributed by atoms with van der Waals surface area (Å²) in [7, 11) is 3.12. The predicted octanol–water partition coefficient (Wildman–Crippen LogP) is 4.01. The van der Waals surface area contributed by atoms with Gasteiger partial charge in [-0.25, -0.2) is 4.98 Å². The average molecular weight is 404 g/mol. The number of hydrogen-bond acceptors (Lipinski definition) is 6. The zero-order chi connectivity index (χ0) is 21.3. The smallest absolute Gasteiger partial charge is 0.194 e. The van der Waals surface area contributed by atoms with Crippen molar-refractivity contribution in [1.82, 2.24) is 9.55 Å². The Balaban J connectivity index is 1.83. The maximum absolute atomic E-state index is 13.1. The van der Waals surface area contributed by atoms with Crippen LogP contribution in [0.2, 0.25) is 0 Å². The van der Waals surface area contributed by atoms with E-state index in [0.717, 1.165) is 10.1 Å². The molecule has 7 heteroatoms. The topological polar surface area (TPSA) is 93.8 Å². The lowest BCUT2D eigenvalue weighted by molar-refractivity contribution is 0.0966. The summed E-state index contributed by atoms with van der Waals surface area (Å²) in [6.45, 7) is -0.204. The lowest BCUT2D eigenvalue weighted by Crippen LogP contribution is -2.11. The molecule has 2 aromatic carbocycles. The number of pyridine rings is 1. The molecule has 0 saturated heterocycles. The third-order valence-corrected chi connectivity index (χ3v) is 4.93. The van der Waals surface area contributed by atoms with Crippen LogP contribution in [-0.4, -0.2) is 39.8 Å². The van der Waals surface area contributed by atoms with Crippen LogP contribution in [0.15, 0.2) is 60.7 Å². The van der Waals surface area contributed by atoms with Gasteiger partial charge in [-0.3, -0.25) is 9.36 Å². The molecule has 7 nitrogen and oxygen atoms in total. The predicted molar refractivity (Wildman–Crippen MR) is 112 cm³/mol. The van der Waals surface area contributed by atoms with Crippen molar-refractivity contribution in [2.24, 2.45) is 0 Å². The molecule has 152 valence electrons. The second-order valence-electron chi connectivity index (χ2n) is 6.70. The zero-order valence-corrected chi connectivity index (χ0v) is 16.5. The Morgan fingerprint density at radius 3 is 2.33 bits per heavy atom. The molecule has 0 saturated carbocycles. The summed E-state index contributed by atoms with van der Waals surface area (Å²) >= 11 is 0. The molecule has 0 aliphatic rings. The number of aromatic nitrogens is 2. The summed E-state index contributed by atoms with van der Waals surface area (Å²) in [5.74, 6) is 0.521. The van der Waals surface area contributed by atoms with Gasteiger partial charge in [-0.2, -0.15) is 0 Å². The minimum Gasteiger partial charge on any atom is -0.494 e. The van der Waals surface area contributed by atoms with Crippen LogP contribution in [0.25, 0.3) is 22.2 Å². The molecule has 4 rings (SSSR count). The number of hydrogen-bond donors (Lipinski definition) is 2. The quantitative estimate of drug-likeness (QED) is 0.472. The van der Waals surface area contributed by atoms with E-state index in [9.17, 15) is 15.0 Å². The molecule has 0 bridgehead atoms. The first-order valence-electron chi connectivity index (χ1n) is 9.24. The molecule has 30 heavy (non-hydrogen) atoms. The van der Waals surface area contributed by atoms with Crippen molar-refractivity contribution in [3.05, 3.63) is 66.2 Å². The number of ketones is 1. The Morgan fingerprint density at radius 2 is 1.63 bits per heavy atom. The van der Waals surface area contributed by atoms with E-state index in [1.165, 1.54) is 12.1 Å².